The van der Waals surface area contributed by atoms with Crippen molar-refractivity contribution in [3.8, 4) is 0 Å². The first-order chi connectivity index (χ1) is 15.1. The van der Waals surface area contributed by atoms with Crippen LogP contribution in [0.3, 0.4) is 0 Å². The van der Waals surface area contributed by atoms with Gasteiger partial charge in [0.05, 0.1) is 6.04 Å². The van der Waals surface area contributed by atoms with Crippen molar-refractivity contribution in [3.05, 3.63) is 77.0 Å². The van der Waals surface area contributed by atoms with Crippen LogP contribution in [-0.4, -0.2) is 35.1 Å². The van der Waals surface area contributed by atoms with E-state index in [1.165, 1.54) is 17.2 Å². The van der Waals surface area contributed by atoms with Crippen LogP contribution in [0.2, 0.25) is 0 Å². The molecule has 1 heterocycles. The highest BCUT2D eigenvalue weighted by molar-refractivity contribution is 5.90. The Balaban J connectivity index is 1.52. The number of carbonyl (C=O) groups excluding carboxylic acids is 2. The fourth-order valence-corrected chi connectivity index (χ4v) is 4.29. The molecule has 0 fully saturated rings. The number of aromatic nitrogens is 1. The summed E-state index contributed by atoms with van der Waals surface area (Å²) in [6, 6.07) is 13.9. The number of hydroxylamine groups is 1. The second-order valence-electron chi connectivity index (χ2n) is 7.76. The van der Waals surface area contributed by atoms with Crippen LogP contribution in [0.4, 0.5) is 0 Å². The summed E-state index contributed by atoms with van der Waals surface area (Å²) >= 11 is 0. The zero-order valence-electron chi connectivity index (χ0n) is 17.3. The van der Waals surface area contributed by atoms with Crippen LogP contribution >= 0.6 is 0 Å². The lowest BCUT2D eigenvalue weighted by molar-refractivity contribution is -0.124. The second kappa shape index (κ2) is 9.16. The summed E-state index contributed by atoms with van der Waals surface area (Å²) in [7, 11) is 1.66. The van der Waals surface area contributed by atoms with Crippen LogP contribution in [0.25, 0.3) is 17.0 Å². The average Bonchev–Trinajstić information content (AvgIpc) is 3.40. The maximum atomic E-state index is 12.7. The number of nitrogens with one attached hydrogen (secondary N) is 4. The van der Waals surface area contributed by atoms with Gasteiger partial charge >= 0.3 is 0 Å². The van der Waals surface area contributed by atoms with Crippen molar-refractivity contribution >= 4 is 28.8 Å². The largest absolute Gasteiger partial charge is 0.361 e. The van der Waals surface area contributed by atoms with Crippen molar-refractivity contribution in [1.29, 1.82) is 0 Å². The molecule has 4 rings (SSSR count). The molecular weight excluding hydrogens is 392 g/mol. The predicted molar refractivity (Wildman–Crippen MR) is 119 cm³/mol. The second-order valence-corrected chi connectivity index (χ2v) is 7.76. The third-order valence-corrected chi connectivity index (χ3v) is 5.85. The number of fused-ring (bicyclic) bond motifs is 2. The van der Waals surface area contributed by atoms with E-state index in [1.807, 2.05) is 42.6 Å². The Morgan fingerprint density at radius 1 is 1.26 bits per heavy atom. The SMILES string of the molecule is CNC(=O)C(Cc1c[nH]c2ccccc12)NC1CCc2cc(/C=C/C(=O)NO)ccc21. The third-order valence-electron chi connectivity index (χ3n) is 5.85. The molecule has 0 bridgehead atoms. The Labute approximate surface area is 180 Å². The molecule has 0 spiro atoms. The Morgan fingerprint density at radius 3 is 2.90 bits per heavy atom. The number of likely N-dealkylation sites (N-methyl/N-ethyl adjacent to an activating group) is 1. The number of rotatable bonds is 7. The number of H-pyrrole nitrogens is 1. The molecular formula is C24H26N4O3. The Morgan fingerprint density at radius 2 is 2.10 bits per heavy atom. The van der Waals surface area contributed by atoms with Crippen molar-refractivity contribution in [2.45, 2.75) is 31.3 Å². The van der Waals surface area contributed by atoms with Gasteiger partial charge in [0.25, 0.3) is 5.91 Å². The quantitative estimate of drug-likeness (QED) is 0.231. The minimum Gasteiger partial charge on any atom is -0.361 e. The molecule has 0 saturated carbocycles. The van der Waals surface area contributed by atoms with Crippen LogP contribution in [0.15, 0.2) is 54.7 Å². The molecule has 31 heavy (non-hydrogen) atoms. The van der Waals surface area contributed by atoms with Gasteiger partial charge in [0.15, 0.2) is 0 Å². The first-order valence-electron chi connectivity index (χ1n) is 10.4. The van der Waals surface area contributed by atoms with E-state index >= 15 is 0 Å². The molecule has 7 nitrogen and oxygen atoms in total. The smallest absolute Gasteiger partial charge is 0.267 e. The van der Waals surface area contributed by atoms with Crippen LogP contribution in [0, 0.1) is 0 Å². The molecule has 1 aliphatic rings. The van der Waals surface area contributed by atoms with E-state index in [1.54, 1.807) is 18.6 Å². The van der Waals surface area contributed by atoms with E-state index < -0.39 is 5.91 Å². The number of hydrogen-bond donors (Lipinski definition) is 5. The van der Waals surface area contributed by atoms with Gasteiger partial charge in [-0.05, 0) is 53.7 Å². The predicted octanol–water partition coefficient (Wildman–Crippen LogP) is 2.62. The monoisotopic (exact) mass is 418 g/mol. The lowest BCUT2D eigenvalue weighted by Gasteiger charge is -2.22. The van der Waals surface area contributed by atoms with Gasteiger partial charge in [0.1, 0.15) is 0 Å². The molecule has 5 N–H and O–H groups in total. The number of para-hydroxylation sites is 1. The summed E-state index contributed by atoms with van der Waals surface area (Å²) in [6.07, 6.45) is 7.32. The molecule has 0 radical (unpaired) electrons. The highest BCUT2D eigenvalue weighted by Gasteiger charge is 2.28. The number of aryl methyl sites for hydroxylation is 1. The number of carbonyl (C=O) groups is 2. The molecule has 7 heteroatoms. The zero-order chi connectivity index (χ0) is 21.8. The van der Waals surface area contributed by atoms with Crippen molar-refractivity contribution in [1.82, 2.24) is 21.1 Å². The summed E-state index contributed by atoms with van der Waals surface area (Å²) in [5.74, 6) is -0.598. The van der Waals surface area contributed by atoms with Gasteiger partial charge < -0.3 is 10.3 Å². The number of amides is 2. The summed E-state index contributed by atoms with van der Waals surface area (Å²) in [5, 5.41) is 16.1. The topological polar surface area (TPSA) is 106 Å². The first kappa shape index (κ1) is 20.8. The minimum absolute atomic E-state index is 0.0340. The van der Waals surface area contributed by atoms with Crippen molar-refractivity contribution in [2.75, 3.05) is 7.05 Å². The van der Waals surface area contributed by atoms with E-state index in [-0.39, 0.29) is 18.0 Å². The Bertz CT molecular complexity index is 1130. The number of benzene rings is 2. The fraction of sp³-hybridized carbons (Fsp3) is 0.250. The van der Waals surface area contributed by atoms with E-state index in [4.69, 9.17) is 5.21 Å². The molecule has 160 valence electrons. The van der Waals surface area contributed by atoms with Gasteiger partial charge in [-0.25, -0.2) is 5.48 Å². The Kier molecular flexibility index (Phi) is 6.16. The average molecular weight is 418 g/mol. The maximum Gasteiger partial charge on any atom is 0.267 e. The fourth-order valence-electron chi connectivity index (χ4n) is 4.29. The standard InChI is InChI=1S/C24H26N4O3/c1-25-24(30)22(13-17-14-26-20-5-3-2-4-18(17)20)27-21-10-8-16-12-15(6-9-19(16)21)7-11-23(29)28-31/h2-7,9,11-12,14,21-22,26-27,31H,8,10,13H2,1H3,(H,25,30)(H,28,29)/b11-7+. The first-order valence-corrected chi connectivity index (χ1v) is 10.4. The molecule has 2 unspecified atom stereocenters. The lowest BCUT2D eigenvalue weighted by Crippen LogP contribution is -2.45. The molecule has 1 aliphatic carbocycles. The van der Waals surface area contributed by atoms with Gasteiger partial charge in [-0.2, -0.15) is 0 Å². The Hall–Kier alpha value is -3.42. The van der Waals surface area contributed by atoms with Crippen molar-refractivity contribution in [2.24, 2.45) is 0 Å². The van der Waals surface area contributed by atoms with E-state index in [0.717, 1.165) is 34.9 Å². The molecule has 1 aromatic heterocycles. The summed E-state index contributed by atoms with van der Waals surface area (Å²) in [6.45, 7) is 0. The van der Waals surface area contributed by atoms with Crippen molar-refractivity contribution < 1.29 is 14.8 Å². The van der Waals surface area contributed by atoms with Crippen molar-refractivity contribution in [3.63, 3.8) is 0 Å². The van der Waals surface area contributed by atoms with Gasteiger partial charge in [-0.3, -0.25) is 20.1 Å². The van der Waals surface area contributed by atoms with E-state index in [2.05, 4.69) is 21.7 Å². The van der Waals surface area contributed by atoms with Crippen LogP contribution in [0.5, 0.6) is 0 Å². The highest BCUT2D eigenvalue weighted by Crippen LogP contribution is 2.33. The van der Waals surface area contributed by atoms with E-state index in [9.17, 15) is 9.59 Å². The minimum atomic E-state index is -0.564. The molecule has 3 aromatic rings. The lowest BCUT2D eigenvalue weighted by atomic mass is 10.0. The number of hydrogen-bond acceptors (Lipinski definition) is 4. The van der Waals surface area contributed by atoms with Crippen LogP contribution in [0.1, 0.15) is 34.7 Å². The molecule has 2 aromatic carbocycles. The summed E-state index contributed by atoms with van der Waals surface area (Å²) < 4.78 is 0. The van der Waals surface area contributed by atoms with E-state index in [0.29, 0.717) is 6.42 Å². The highest BCUT2D eigenvalue weighted by atomic mass is 16.5. The molecule has 2 amide bonds. The number of aromatic amines is 1. The molecule has 0 saturated heterocycles. The normalized spacial score (nSPS) is 16.4. The van der Waals surface area contributed by atoms with Gasteiger partial charge in [-0.15, -0.1) is 0 Å². The van der Waals surface area contributed by atoms with Gasteiger partial charge in [-0.1, -0.05) is 36.4 Å². The zero-order valence-corrected chi connectivity index (χ0v) is 17.3. The van der Waals surface area contributed by atoms with Crippen LogP contribution < -0.4 is 16.1 Å². The van der Waals surface area contributed by atoms with Gasteiger partial charge in [0.2, 0.25) is 5.91 Å². The van der Waals surface area contributed by atoms with Gasteiger partial charge in [0, 0.05) is 36.3 Å². The molecule has 2 atom stereocenters. The third kappa shape index (κ3) is 4.52. The summed E-state index contributed by atoms with van der Waals surface area (Å²) in [4.78, 5) is 27.1. The maximum absolute atomic E-state index is 12.7. The van der Waals surface area contributed by atoms with Crippen LogP contribution in [-0.2, 0) is 22.4 Å². The summed E-state index contributed by atoms with van der Waals surface area (Å²) in [5.41, 5.74) is 7.03. The molecule has 0 aliphatic heterocycles.